The Morgan fingerprint density at radius 3 is 2.68 bits per heavy atom. The van der Waals surface area contributed by atoms with E-state index in [0.29, 0.717) is 30.4 Å². The van der Waals surface area contributed by atoms with Gasteiger partial charge in [0.25, 0.3) is 5.91 Å². The molecule has 28 heavy (non-hydrogen) atoms. The molecule has 1 amide bonds. The molecule has 0 radical (unpaired) electrons. The molecule has 0 fully saturated rings. The van der Waals surface area contributed by atoms with Gasteiger partial charge in [0.15, 0.2) is 11.5 Å². The molecular weight excluding hydrogens is 358 g/mol. The minimum absolute atomic E-state index is 0.245. The molecule has 0 bridgehead atoms. The number of anilines is 1. The molecule has 1 aromatic carbocycles. The van der Waals surface area contributed by atoms with Gasteiger partial charge in [-0.3, -0.25) is 9.78 Å². The lowest BCUT2D eigenvalue weighted by atomic mass is 10.2. The summed E-state index contributed by atoms with van der Waals surface area (Å²) in [6.07, 6.45) is 3.38. The van der Waals surface area contributed by atoms with E-state index in [1.807, 2.05) is 30.3 Å². The minimum atomic E-state index is -0.256. The molecule has 142 valence electrons. The van der Waals surface area contributed by atoms with Crippen LogP contribution in [0.1, 0.15) is 27.4 Å². The van der Waals surface area contributed by atoms with Crippen LogP contribution in [0.4, 0.5) is 5.82 Å². The van der Waals surface area contributed by atoms with Gasteiger partial charge in [-0.25, -0.2) is 9.97 Å². The van der Waals surface area contributed by atoms with E-state index in [-0.39, 0.29) is 12.7 Å². The highest BCUT2D eigenvalue weighted by atomic mass is 16.7. The molecule has 0 saturated heterocycles. The van der Waals surface area contributed by atoms with Crippen LogP contribution in [0.2, 0.25) is 0 Å². The van der Waals surface area contributed by atoms with E-state index in [1.165, 1.54) is 0 Å². The lowest BCUT2D eigenvalue weighted by molar-refractivity contribution is 0.0945. The summed E-state index contributed by atoms with van der Waals surface area (Å²) < 4.78 is 10.7. The standard InChI is InChI=1S/C20H19N5O3/c1-13-24-16(20(26)23-10-14-4-6-21-7-5-14)9-19(25-13)22-11-15-2-3-17-18(8-15)28-12-27-17/h2-9H,10-12H2,1H3,(H,23,26)(H,22,24,25). The Kier molecular flexibility index (Phi) is 5.01. The van der Waals surface area contributed by atoms with E-state index in [9.17, 15) is 4.79 Å². The monoisotopic (exact) mass is 377 g/mol. The van der Waals surface area contributed by atoms with Crippen molar-refractivity contribution in [2.75, 3.05) is 12.1 Å². The summed E-state index contributed by atoms with van der Waals surface area (Å²) in [5.41, 5.74) is 2.30. The summed E-state index contributed by atoms with van der Waals surface area (Å²) in [5, 5.41) is 6.08. The zero-order valence-corrected chi connectivity index (χ0v) is 15.3. The van der Waals surface area contributed by atoms with E-state index in [2.05, 4.69) is 25.6 Å². The van der Waals surface area contributed by atoms with Crippen molar-refractivity contribution in [1.29, 1.82) is 0 Å². The maximum atomic E-state index is 12.4. The number of hydrogen-bond acceptors (Lipinski definition) is 7. The molecule has 2 aromatic heterocycles. The van der Waals surface area contributed by atoms with Gasteiger partial charge in [-0.1, -0.05) is 6.07 Å². The predicted octanol–water partition coefficient (Wildman–Crippen LogP) is 2.45. The van der Waals surface area contributed by atoms with E-state index in [0.717, 1.165) is 22.6 Å². The van der Waals surface area contributed by atoms with Crippen LogP contribution in [-0.2, 0) is 13.1 Å². The molecule has 0 spiro atoms. The number of ether oxygens (including phenoxy) is 2. The van der Waals surface area contributed by atoms with Crippen LogP contribution in [0.25, 0.3) is 0 Å². The number of benzene rings is 1. The number of hydrogen-bond donors (Lipinski definition) is 2. The van der Waals surface area contributed by atoms with Crippen LogP contribution in [0.15, 0.2) is 48.8 Å². The summed E-state index contributed by atoms with van der Waals surface area (Å²) in [5.74, 6) is 2.32. The largest absolute Gasteiger partial charge is 0.454 e. The van der Waals surface area contributed by atoms with E-state index in [4.69, 9.17) is 9.47 Å². The molecule has 3 heterocycles. The van der Waals surface area contributed by atoms with E-state index < -0.39 is 0 Å². The summed E-state index contributed by atoms with van der Waals surface area (Å²) >= 11 is 0. The second-order valence-corrected chi connectivity index (χ2v) is 6.26. The average Bonchev–Trinajstić information content (AvgIpc) is 3.19. The number of rotatable bonds is 6. The number of nitrogens with one attached hydrogen (secondary N) is 2. The summed E-state index contributed by atoms with van der Waals surface area (Å²) in [6.45, 7) is 2.94. The minimum Gasteiger partial charge on any atom is -0.454 e. The smallest absolute Gasteiger partial charge is 0.270 e. The van der Waals surface area contributed by atoms with Gasteiger partial charge in [-0.2, -0.15) is 0 Å². The molecule has 1 aliphatic rings. The fraction of sp³-hybridized carbons (Fsp3) is 0.200. The number of pyridine rings is 1. The molecule has 0 atom stereocenters. The Morgan fingerprint density at radius 2 is 1.82 bits per heavy atom. The zero-order chi connectivity index (χ0) is 19.3. The Morgan fingerprint density at radius 1 is 1.00 bits per heavy atom. The normalized spacial score (nSPS) is 11.9. The van der Waals surface area contributed by atoms with Gasteiger partial charge in [0.2, 0.25) is 6.79 Å². The van der Waals surface area contributed by atoms with Gasteiger partial charge in [-0.05, 0) is 42.3 Å². The highest BCUT2D eigenvalue weighted by Gasteiger charge is 2.14. The topological polar surface area (TPSA) is 98.3 Å². The number of aryl methyl sites for hydroxylation is 1. The van der Waals surface area contributed by atoms with Crippen molar-refractivity contribution < 1.29 is 14.3 Å². The molecule has 3 aromatic rings. The Bertz CT molecular complexity index is 994. The molecule has 4 rings (SSSR count). The number of carbonyl (C=O) groups is 1. The number of carbonyl (C=O) groups excluding carboxylic acids is 1. The van der Waals surface area contributed by atoms with Crippen LogP contribution < -0.4 is 20.1 Å². The van der Waals surface area contributed by atoms with Gasteiger partial charge in [0.05, 0.1) is 0 Å². The Labute approximate surface area is 162 Å². The first-order valence-corrected chi connectivity index (χ1v) is 8.82. The SMILES string of the molecule is Cc1nc(NCc2ccc3c(c2)OCO3)cc(C(=O)NCc2ccncc2)n1. The van der Waals surface area contributed by atoms with Crippen molar-refractivity contribution in [3.63, 3.8) is 0 Å². The highest BCUT2D eigenvalue weighted by Crippen LogP contribution is 2.32. The summed E-state index contributed by atoms with van der Waals surface area (Å²) in [7, 11) is 0. The van der Waals surface area contributed by atoms with Crippen molar-refractivity contribution in [3.8, 4) is 11.5 Å². The number of fused-ring (bicyclic) bond motifs is 1. The number of nitrogens with zero attached hydrogens (tertiary/aromatic N) is 3. The first-order chi connectivity index (χ1) is 13.7. The quantitative estimate of drug-likeness (QED) is 0.681. The maximum absolute atomic E-state index is 12.4. The predicted molar refractivity (Wildman–Crippen MR) is 102 cm³/mol. The van der Waals surface area contributed by atoms with Crippen LogP contribution in [-0.4, -0.2) is 27.7 Å². The van der Waals surface area contributed by atoms with Crippen molar-refractivity contribution in [2.24, 2.45) is 0 Å². The van der Waals surface area contributed by atoms with E-state index >= 15 is 0 Å². The zero-order valence-electron chi connectivity index (χ0n) is 15.3. The second kappa shape index (κ2) is 7.91. The fourth-order valence-corrected chi connectivity index (χ4v) is 2.79. The summed E-state index contributed by atoms with van der Waals surface area (Å²) in [6, 6.07) is 11.1. The lowest BCUT2D eigenvalue weighted by Gasteiger charge is -2.10. The third-order valence-corrected chi connectivity index (χ3v) is 4.18. The molecule has 8 heteroatoms. The lowest BCUT2D eigenvalue weighted by Crippen LogP contribution is -2.24. The van der Waals surface area contributed by atoms with Crippen LogP contribution >= 0.6 is 0 Å². The molecular formula is C20H19N5O3. The Hall–Kier alpha value is -3.68. The van der Waals surface area contributed by atoms with E-state index in [1.54, 1.807) is 25.4 Å². The van der Waals surface area contributed by atoms with Gasteiger partial charge in [-0.15, -0.1) is 0 Å². The van der Waals surface area contributed by atoms with Gasteiger partial charge in [0.1, 0.15) is 17.3 Å². The van der Waals surface area contributed by atoms with Crippen LogP contribution in [0.5, 0.6) is 11.5 Å². The molecule has 2 N–H and O–H groups in total. The molecule has 0 saturated carbocycles. The molecule has 1 aliphatic heterocycles. The maximum Gasteiger partial charge on any atom is 0.270 e. The highest BCUT2D eigenvalue weighted by molar-refractivity contribution is 5.92. The second-order valence-electron chi connectivity index (χ2n) is 6.26. The Balaban J connectivity index is 1.41. The number of amides is 1. The third kappa shape index (κ3) is 4.17. The van der Waals surface area contributed by atoms with Crippen molar-refractivity contribution in [2.45, 2.75) is 20.0 Å². The van der Waals surface area contributed by atoms with Crippen LogP contribution in [0, 0.1) is 6.92 Å². The fourth-order valence-electron chi connectivity index (χ4n) is 2.79. The first kappa shape index (κ1) is 17.7. The van der Waals surface area contributed by atoms with Crippen molar-refractivity contribution in [1.82, 2.24) is 20.3 Å². The van der Waals surface area contributed by atoms with Gasteiger partial charge >= 0.3 is 0 Å². The summed E-state index contributed by atoms with van der Waals surface area (Å²) in [4.78, 5) is 25.0. The molecule has 0 unspecified atom stereocenters. The third-order valence-electron chi connectivity index (χ3n) is 4.18. The van der Waals surface area contributed by atoms with Crippen molar-refractivity contribution >= 4 is 11.7 Å². The number of aromatic nitrogens is 3. The van der Waals surface area contributed by atoms with Gasteiger partial charge < -0.3 is 20.1 Å². The molecule has 8 nitrogen and oxygen atoms in total. The van der Waals surface area contributed by atoms with Crippen LogP contribution in [0.3, 0.4) is 0 Å². The van der Waals surface area contributed by atoms with Gasteiger partial charge in [0, 0.05) is 31.5 Å². The van der Waals surface area contributed by atoms with Crippen molar-refractivity contribution in [3.05, 3.63) is 71.4 Å². The average molecular weight is 377 g/mol. The first-order valence-electron chi connectivity index (χ1n) is 8.82. The molecule has 0 aliphatic carbocycles.